The van der Waals surface area contributed by atoms with Gasteiger partial charge in [0.25, 0.3) is 5.56 Å². The van der Waals surface area contributed by atoms with Crippen molar-refractivity contribution in [3.05, 3.63) is 111 Å². The summed E-state index contributed by atoms with van der Waals surface area (Å²) in [6.07, 6.45) is 0.604. The first-order chi connectivity index (χ1) is 16.9. The maximum atomic E-state index is 13.2. The van der Waals surface area contributed by atoms with Crippen molar-refractivity contribution in [2.45, 2.75) is 19.5 Å². The molecule has 178 valence electrons. The summed E-state index contributed by atoms with van der Waals surface area (Å²) < 4.78 is 15.1. The molecule has 0 fully saturated rings. The molecule has 1 heterocycles. The molecule has 35 heavy (non-hydrogen) atoms. The lowest BCUT2D eigenvalue weighted by molar-refractivity contribution is -0.121. The van der Waals surface area contributed by atoms with Crippen LogP contribution in [-0.2, 0) is 29.1 Å². The Hall–Kier alpha value is -4.53. The van der Waals surface area contributed by atoms with Gasteiger partial charge in [-0.1, -0.05) is 42.5 Å². The first-order valence-electron chi connectivity index (χ1n) is 11.0. The van der Waals surface area contributed by atoms with E-state index in [0.717, 1.165) is 14.7 Å². The van der Waals surface area contributed by atoms with Crippen molar-refractivity contribution in [3.63, 3.8) is 0 Å². The number of amides is 2. The number of fused-ring (bicyclic) bond motifs is 1. The minimum atomic E-state index is -0.777. The summed E-state index contributed by atoms with van der Waals surface area (Å²) in [5.41, 5.74) is 0.294. The summed E-state index contributed by atoms with van der Waals surface area (Å²) in [7, 11) is 0. The van der Waals surface area contributed by atoms with Gasteiger partial charge in [-0.25, -0.2) is 9.18 Å². The first kappa shape index (κ1) is 23.6. The molecule has 2 amide bonds. The van der Waals surface area contributed by atoms with Gasteiger partial charge in [0.2, 0.25) is 11.8 Å². The third kappa shape index (κ3) is 5.70. The molecular weight excluding hydrogens is 451 g/mol. The predicted molar refractivity (Wildman–Crippen MR) is 131 cm³/mol. The lowest BCUT2D eigenvalue weighted by atomic mass is 10.1. The van der Waals surface area contributed by atoms with Crippen LogP contribution in [0.4, 0.5) is 10.1 Å². The molecule has 0 saturated heterocycles. The van der Waals surface area contributed by atoms with E-state index in [1.165, 1.54) is 30.3 Å². The van der Waals surface area contributed by atoms with Crippen LogP contribution in [-0.4, -0.2) is 27.5 Å². The van der Waals surface area contributed by atoms with E-state index in [2.05, 4.69) is 10.6 Å². The number of aromatic nitrogens is 2. The molecule has 0 saturated carbocycles. The summed E-state index contributed by atoms with van der Waals surface area (Å²) in [5.74, 6) is -1.47. The average molecular weight is 474 g/mol. The number of nitrogens with one attached hydrogen (secondary N) is 2. The van der Waals surface area contributed by atoms with Gasteiger partial charge in [0.1, 0.15) is 18.9 Å². The maximum Gasteiger partial charge on any atom is 0.332 e. The summed E-state index contributed by atoms with van der Waals surface area (Å²) in [5, 5.41) is 5.53. The van der Waals surface area contributed by atoms with Gasteiger partial charge in [-0.3, -0.25) is 23.5 Å². The Morgan fingerprint density at radius 1 is 0.771 bits per heavy atom. The Morgan fingerprint density at radius 2 is 1.43 bits per heavy atom. The number of halogens is 1. The molecule has 4 aromatic rings. The van der Waals surface area contributed by atoms with E-state index < -0.39 is 42.0 Å². The number of rotatable bonds is 8. The number of anilines is 1. The number of carbonyl (C=O) groups is 2. The van der Waals surface area contributed by atoms with E-state index in [1.807, 2.05) is 30.3 Å². The molecule has 8 nitrogen and oxygen atoms in total. The molecule has 0 radical (unpaired) electrons. The Balaban J connectivity index is 1.55. The van der Waals surface area contributed by atoms with Gasteiger partial charge in [-0.2, -0.15) is 0 Å². The van der Waals surface area contributed by atoms with Gasteiger partial charge >= 0.3 is 5.69 Å². The molecule has 0 aliphatic heterocycles. The van der Waals surface area contributed by atoms with Crippen molar-refractivity contribution in [1.82, 2.24) is 14.5 Å². The number of para-hydroxylation sites is 1. The van der Waals surface area contributed by atoms with E-state index in [-0.39, 0.29) is 10.9 Å². The van der Waals surface area contributed by atoms with Gasteiger partial charge in [0.15, 0.2) is 0 Å². The van der Waals surface area contributed by atoms with E-state index in [1.54, 1.807) is 18.2 Å². The zero-order chi connectivity index (χ0) is 24.8. The molecule has 0 atom stereocenters. The highest BCUT2D eigenvalue weighted by Crippen LogP contribution is 2.10. The molecule has 1 aromatic heterocycles. The summed E-state index contributed by atoms with van der Waals surface area (Å²) in [6, 6.07) is 21.2. The fraction of sp³-hybridized carbons (Fsp3) is 0.154. The lowest BCUT2D eigenvalue weighted by Crippen LogP contribution is -2.45. The third-order valence-electron chi connectivity index (χ3n) is 5.44. The molecule has 0 unspecified atom stereocenters. The highest BCUT2D eigenvalue weighted by molar-refractivity contribution is 5.91. The fourth-order valence-corrected chi connectivity index (χ4v) is 3.73. The zero-order valence-electron chi connectivity index (χ0n) is 18.7. The van der Waals surface area contributed by atoms with Gasteiger partial charge < -0.3 is 10.6 Å². The average Bonchev–Trinajstić information content (AvgIpc) is 2.86. The van der Waals surface area contributed by atoms with Crippen LogP contribution in [0, 0.1) is 5.82 Å². The van der Waals surface area contributed by atoms with E-state index in [4.69, 9.17) is 0 Å². The minimum Gasteiger partial charge on any atom is -0.354 e. The molecule has 3 aromatic carbocycles. The number of carbonyl (C=O) groups excluding carboxylic acids is 2. The molecule has 0 bridgehead atoms. The second-order valence-electron chi connectivity index (χ2n) is 7.92. The van der Waals surface area contributed by atoms with Crippen LogP contribution in [0.1, 0.15) is 5.56 Å². The Bertz CT molecular complexity index is 1480. The van der Waals surface area contributed by atoms with Crippen LogP contribution < -0.4 is 21.9 Å². The number of hydrogen-bond donors (Lipinski definition) is 2. The third-order valence-corrected chi connectivity index (χ3v) is 5.44. The van der Waals surface area contributed by atoms with Crippen molar-refractivity contribution in [2.75, 3.05) is 11.9 Å². The van der Waals surface area contributed by atoms with Crippen LogP contribution in [0.15, 0.2) is 88.5 Å². The standard InChI is InChI=1S/C26H23FN4O4/c27-19-10-12-20(13-11-19)29-24(33)17-30-22-9-5-4-8-21(22)25(34)31(26(30)35)16-23(32)28-15-14-18-6-2-1-3-7-18/h1-13H,14-17H2,(H,28,32)(H,29,33). The van der Waals surface area contributed by atoms with E-state index in [9.17, 15) is 23.6 Å². The highest BCUT2D eigenvalue weighted by Gasteiger charge is 2.17. The monoisotopic (exact) mass is 474 g/mol. The molecule has 0 spiro atoms. The van der Waals surface area contributed by atoms with Crippen molar-refractivity contribution in [2.24, 2.45) is 0 Å². The van der Waals surface area contributed by atoms with Crippen molar-refractivity contribution < 1.29 is 14.0 Å². The van der Waals surface area contributed by atoms with Crippen LogP contribution in [0.3, 0.4) is 0 Å². The fourth-order valence-electron chi connectivity index (χ4n) is 3.73. The number of benzene rings is 3. The summed E-state index contributed by atoms with van der Waals surface area (Å²) >= 11 is 0. The van der Waals surface area contributed by atoms with Crippen LogP contribution in [0.5, 0.6) is 0 Å². The molecule has 9 heteroatoms. The van der Waals surface area contributed by atoms with E-state index in [0.29, 0.717) is 18.7 Å². The number of nitrogens with zero attached hydrogens (tertiary/aromatic N) is 2. The Morgan fingerprint density at radius 3 is 2.17 bits per heavy atom. The van der Waals surface area contributed by atoms with Crippen LogP contribution >= 0.6 is 0 Å². The smallest absolute Gasteiger partial charge is 0.332 e. The Kier molecular flexibility index (Phi) is 7.15. The molecular formula is C26H23FN4O4. The first-order valence-corrected chi connectivity index (χ1v) is 11.0. The second-order valence-corrected chi connectivity index (χ2v) is 7.92. The number of hydrogen-bond acceptors (Lipinski definition) is 4. The largest absolute Gasteiger partial charge is 0.354 e. The Labute approximate surface area is 199 Å². The topological polar surface area (TPSA) is 102 Å². The van der Waals surface area contributed by atoms with E-state index >= 15 is 0 Å². The maximum absolute atomic E-state index is 13.2. The van der Waals surface area contributed by atoms with Gasteiger partial charge in [0, 0.05) is 12.2 Å². The summed E-state index contributed by atoms with van der Waals surface area (Å²) in [4.78, 5) is 51.3. The van der Waals surface area contributed by atoms with Crippen molar-refractivity contribution in [1.29, 1.82) is 0 Å². The second kappa shape index (κ2) is 10.6. The molecule has 2 N–H and O–H groups in total. The normalized spacial score (nSPS) is 10.8. The highest BCUT2D eigenvalue weighted by atomic mass is 19.1. The van der Waals surface area contributed by atoms with Crippen LogP contribution in [0.25, 0.3) is 10.9 Å². The molecule has 0 aliphatic rings. The van der Waals surface area contributed by atoms with Gasteiger partial charge in [-0.15, -0.1) is 0 Å². The zero-order valence-corrected chi connectivity index (χ0v) is 18.7. The molecule has 0 aliphatic carbocycles. The van der Waals surface area contributed by atoms with Crippen molar-refractivity contribution >= 4 is 28.4 Å². The summed E-state index contributed by atoms with van der Waals surface area (Å²) in [6.45, 7) is -0.525. The predicted octanol–water partition coefficient (Wildman–Crippen LogP) is 2.30. The van der Waals surface area contributed by atoms with Crippen LogP contribution in [0.2, 0.25) is 0 Å². The quantitative estimate of drug-likeness (QED) is 0.409. The minimum absolute atomic E-state index is 0.207. The van der Waals surface area contributed by atoms with Crippen molar-refractivity contribution in [3.8, 4) is 0 Å². The lowest BCUT2D eigenvalue weighted by Gasteiger charge is -2.14. The van der Waals surface area contributed by atoms with Gasteiger partial charge in [0.05, 0.1) is 10.9 Å². The SMILES string of the molecule is O=C(Cn1c(=O)c2ccccc2n(CC(=O)Nc2ccc(F)cc2)c1=O)NCCc1ccccc1. The molecule has 4 rings (SSSR count). The van der Waals surface area contributed by atoms with Gasteiger partial charge in [-0.05, 0) is 48.4 Å².